The number of para-hydroxylation sites is 1. The number of aromatic nitrogens is 3. The molecule has 0 saturated heterocycles. The monoisotopic (exact) mass is 429 g/mol. The van der Waals surface area contributed by atoms with Crippen LogP contribution in [0.15, 0.2) is 78.0 Å². The van der Waals surface area contributed by atoms with Crippen molar-refractivity contribution in [3.8, 4) is 17.1 Å². The molecular weight excluding hydrogens is 416 g/mol. The van der Waals surface area contributed by atoms with Crippen LogP contribution in [0, 0.1) is 5.82 Å². The third-order valence-corrected chi connectivity index (χ3v) is 5.83. The van der Waals surface area contributed by atoms with Gasteiger partial charge in [-0.2, -0.15) is 0 Å². The first-order valence-electron chi connectivity index (χ1n) is 8.46. The molecule has 4 rings (SSSR count). The van der Waals surface area contributed by atoms with Crippen LogP contribution in [0.5, 0.6) is 0 Å². The van der Waals surface area contributed by atoms with E-state index in [1.54, 1.807) is 30.3 Å². The number of hydrogen-bond donors (Lipinski definition) is 0. The molecule has 3 nitrogen and oxygen atoms in total. The minimum absolute atomic E-state index is 0.349. The van der Waals surface area contributed by atoms with Gasteiger partial charge in [0.15, 0.2) is 11.0 Å². The van der Waals surface area contributed by atoms with Crippen LogP contribution in [-0.4, -0.2) is 14.8 Å². The Morgan fingerprint density at radius 1 is 0.821 bits per heavy atom. The topological polar surface area (TPSA) is 30.7 Å². The molecule has 0 amide bonds. The number of nitrogens with zero attached hydrogens (tertiary/aromatic N) is 3. The van der Waals surface area contributed by atoms with E-state index in [1.807, 2.05) is 41.0 Å². The highest BCUT2D eigenvalue weighted by atomic mass is 35.5. The quantitative estimate of drug-likeness (QED) is 0.331. The van der Waals surface area contributed by atoms with E-state index in [1.165, 1.54) is 17.8 Å². The van der Waals surface area contributed by atoms with Crippen molar-refractivity contribution in [1.82, 2.24) is 14.8 Å². The molecular formula is C21H14Cl2FN3S. The van der Waals surface area contributed by atoms with E-state index in [9.17, 15) is 4.39 Å². The molecule has 3 aromatic carbocycles. The van der Waals surface area contributed by atoms with Gasteiger partial charge in [-0.05, 0) is 42.0 Å². The lowest BCUT2D eigenvalue weighted by molar-refractivity contribution is 0.629. The highest BCUT2D eigenvalue weighted by Gasteiger charge is 2.19. The number of benzene rings is 3. The van der Waals surface area contributed by atoms with E-state index >= 15 is 0 Å². The Hall–Kier alpha value is -2.34. The maximum Gasteiger partial charge on any atom is 0.196 e. The smallest absolute Gasteiger partial charge is 0.196 e. The Morgan fingerprint density at radius 3 is 2.21 bits per heavy atom. The summed E-state index contributed by atoms with van der Waals surface area (Å²) in [7, 11) is 0. The van der Waals surface area contributed by atoms with Crippen LogP contribution in [0.2, 0.25) is 10.0 Å². The molecule has 28 heavy (non-hydrogen) atoms. The van der Waals surface area contributed by atoms with Crippen LogP contribution in [0.4, 0.5) is 4.39 Å². The van der Waals surface area contributed by atoms with Crippen LogP contribution in [0.1, 0.15) is 5.56 Å². The van der Waals surface area contributed by atoms with Crippen LogP contribution < -0.4 is 0 Å². The van der Waals surface area contributed by atoms with Crippen molar-refractivity contribution in [2.24, 2.45) is 0 Å². The van der Waals surface area contributed by atoms with Gasteiger partial charge >= 0.3 is 0 Å². The van der Waals surface area contributed by atoms with E-state index in [0.29, 0.717) is 32.3 Å². The number of hydrogen-bond acceptors (Lipinski definition) is 3. The Morgan fingerprint density at radius 2 is 1.50 bits per heavy atom. The van der Waals surface area contributed by atoms with Gasteiger partial charge in [0.1, 0.15) is 5.82 Å². The van der Waals surface area contributed by atoms with Crippen molar-refractivity contribution in [1.29, 1.82) is 0 Å². The molecule has 0 fully saturated rings. The molecule has 0 N–H and O–H groups in total. The highest BCUT2D eigenvalue weighted by Crippen LogP contribution is 2.34. The third-order valence-electron chi connectivity index (χ3n) is 4.17. The summed E-state index contributed by atoms with van der Waals surface area (Å²) >= 11 is 14.0. The lowest BCUT2D eigenvalue weighted by Crippen LogP contribution is -2.01. The van der Waals surface area contributed by atoms with Crippen molar-refractivity contribution in [2.45, 2.75) is 10.9 Å². The summed E-state index contributed by atoms with van der Waals surface area (Å²) in [5.41, 5.74) is 2.06. The standard InChI is InChI=1S/C21H14Cl2FN3S/c22-17-10-6-11-18(23)16(17)13-28-21-26-25-20(15-9-4-5-12-19(15)24)27(21)14-7-2-1-3-8-14/h1-12H,13H2. The van der Waals surface area contributed by atoms with E-state index < -0.39 is 0 Å². The fraction of sp³-hybridized carbons (Fsp3) is 0.0476. The SMILES string of the molecule is Fc1ccccc1-c1nnc(SCc2c(Cl)cccc2Cl)n1-c1ccccc1. The van der Waals surface area contributed by atoms with Gasteiger partial charge in [-0.1, -0.05) is 71.4 Å². The lowest BCUT2D eigenvalue weighted by Gasteiger charge is -2.11. The fourth-order valence-electron chi connectivity index (χ4n) is 2.80. The zero-order valence-electron chi connectivity index (χ0n) is 14.5. The molecule has 0 aliphatic carbocycles. The average Bonchev–Trinajstić information content (AvgIpc) is 3.12. The minimum atomic E-state index is -0.349. The van der Waals surface area contributed by atoms with Crippen LogP contribution in [-0.2, 0) is 5.75 Å². The minimum Gasteiger partial charge on any atom is -0.270 e. The van der Waals surface area contributed by atoms with E-state index in [0.717, 1.165) is 11.3 Å². The van der Waals surface area contributed by atoms with Crippen molar-refractivity contribution in [3.05, 3.63) is 94.2 Å². The molecule has 1 heterocycles. The van der Waals surface area contributed by atoms with Gasteiger partial charge in [-0.25, -0.2) is 4.39 Å². The summed E-state index contributed by atoms with van der Waals surface area (Å²) in [5, 5.41) is 10.4. The second kappa shape index (κ2) is 8.35. The van der Waals surface area contributed by atoms with Gasteiger partial charge in [0, 0.05) is 21.5 Å². The van der Waals surface area contributed by atoms with Crippen LogP contribution >= 0.6 is 35.0 Å². The Balaban J connectivity index is 1.77. The molecule has 4 aromatic rings. The number of thioether (sulfide) groups is 1. The largest absolute Gasteiger partial charge is 0.270 e. The summed E-state index contributed by atoms with van der Waals surface area (Å²) in [4.78, 5) is 0. The van der Waals surface area contributed by atoms with Crippen molar-refractivity contribution >= 4 is 35.0 Å². The van der Waals surface area contributed by atoms with Crippen LogP contribution in [0.25, 0.3) is 17.1 Å². The first-order valence-corrected chi connectivity index (χ1v) is 10.2. The molecule has 1 aromatic heterocycles. The summed E-state index contributed by atoms with van der Waals surface area (Å²) in [6.07, 6.45) is 0. The Kier molecular flexibility index (Phi) is 5.67. The first-order chi connectivity index (χ1) is 13.6. The molecule has 0 radical (unpaired) electrons. The van der Waals surface area contributed by atoms with Gasteiger partial charge in [0.25, 0.3) is 0 Å². The van der Waals surface area contributed by atoms with Gasteiger partial charge in [0.2, 0.25) is 0 Å². The summed E-state index contributed by atoms with van der Waals surface area (Å²) in [5.74, 6) is 0.607. The van der Waals surface area contributed by atoms with Gasteiger partial charge in [0.05, 0.1) is 5.56 Å². The van der Waals surface area contributed by atoms with Crippen molar-refractivity contribution < 1.29 is 4.39 Å². The summed E-state index contributed by atoms with van der Waals surface area (Å²) in [6.45, 7) is 0. The molecule has 0 aliphatic rings. The Bertz CT molecular complexity index is 1100. The second-order valence-corrected chi connectivity index (χ2v) is 7.70. The second-order valence-electron chi connectivity index (χ2n) is 5.95. The third kappa shape index (κ3) is 3.78. The zero-order valence-corrected chi connectivity index (χ0v) is 16.8. The van der Waals surface area contributed by atoms with Crippen LogP contribution in [0.3, 0.4) is 0 Å². The van der Waals surface area contributed by atoms with E-state index in [4.69, 9.17) is 23.2 Å². The maximum absolute atomic E-state index is 14.4. The molecule has 0 bridgehead atoms. The Labute approximate surface area is 176 Å². The van der Waals surface area contributed by atoms with Gasteiger partial charge in [-0.15, -0.1) is 10.2 Å². The maximum atomic E-state index is 14.4. The van der Waals surface area contributed by atoms with E-state index in [-0.39, 0.29) is 5.82 Å². The van der Waals surface area contributed by atoms with E-state index in [2.05, 4.69) is 10.2 Å². The predicted octanol–water partition coefficient (Wildman–Crippen LogP) is 6.67. The average molecular weight is 430 g/mol. The first kappa shape index (κ1) is 19.0. The fourth-order valence-corrected chi connectivity index (χ4v) is 4.49. The molecule has 0 spiro atoms. The van der Waals surface area contributed by atoms with Crippen molar-refractivity contribution in [3.63, 3.8) is 0 Å². The molecule has 7 heteroatoms. The molecule has 140 valence electrons. The molecule has 0 unspecified atom stereocenters. The number of rotatable bonds is 5. The van der Waals surface area contributed by atoms with Crippen molar-refractivity contribution in [2.75, 3.05) is 0 Å². The molecule has 0 atom stereocenters. The van der Waals surface area contributed by atoms with Gasteiger partial charge in [-0.3, -0.25) is 4.57 Å². The predicted molar refractivity (Wildman–Crippen MR) is 113 cm³/mol. The number of halogens is 3. The highest BCUT2D eigenvalue weighted by molar-refractivity contribution is 7.98. The van der Waals surface area contributed by atoms with Gasteiger partial charge < -0.3 is 0 Å². The summed E-state index contributed by atoms with van der Waals surface area (Å²) in [6, 6.07) is 21.6. The molecule has 0 aliphatic heterocycles. The normalized spacial score (nSPS) is 11.0. The molecule has 0 saturated carbocycles. The summed E-state index contributed by atoms with van der Waals surface area (Å²) < 4.78 is 16.3. The lowest BCUT2D eigenvalue weighted by atomic mass is 10.2. The zero-order chi connectivity index (χ0) is 19.5.